The number of hydrogen-bond donors (Lipinski definition) is 0. The summed E-state index contributed by atoms with van der Waals surface area (Å²) in [5.41, 5.74) is 0. The van der Waals surface area contributed by atoms with E-state index >= 15 is 0 Å². The van der Waals surface area contributed by atoms with Crippen LogP contribution in [0.2, 0.25) is 0 Å². The molecular formula is C38H70O2. The third-order valence-corrected chi connectivity index (χ3v) is 7.85. The Morgan fingerprint density at radius 1 is 0.525 bits per heavy atom. The summed E-state index contributed by atoms with van der Waals surface area (Å²) in [5, 5.41) is 0. The molecular weight excluding hydrogens is 488 g/mol. The molecule has 0 atom stereocenters. The van der Waals surface area contributed by atoms with E-state index in [4.69, 9.17) is 4.74 Å². The monoisotopic (exact) mass is 559 g/mol. The van der Waals surface area contributed by atoms with E-state index in [1.807, 2.05) is 12.2 Å². The number of allylic oxidation sites excluding steroid dienone is 5. The van der Waals surface area contributed by atoms with E-state index in [2.05, 4.69) is 32.9 Å². The van der Waals surface area contributed by atoms with Gasteiger partial charge in [-0.25, -0.2) is 4.79 Å². The van der Waals surface area contributed by atoms with Gasteiger partial charge in [-0.05, 0) is 25.2 Å². The molecule has 0 aliphatic heterocycles. The fourth-order valence-corrected chi connectivity index (χ4v) is 5.18. The second kappa shape index (κ2) is 33.9. The van der Waals surface area contributed by atoms with Gasteiger partial charge in [0, 0.05) is 6.08 Å². The zero-order valence-corrected chi connectivity index (χ0v) is 27.4. The molecule has 0 rings (SSSR count). The first-order valence-corrected chi connectivity index (χ1v) is 17.8. The van der Waals surface area contributed by atoms with E-state index in [1.165, 1.54) is 154 Å². The normalized spacial score (nSPS) is 12.1. The molecule has 0 saturated heterocycles. The number of esters is 1. The number of ether oxygens (including phenoxy) is 1. The molecule has 40 heavy (non-hydrogen) atoms. The summed E-state index contributed by atoms with van der Waals surface area (Å²) in [6.07, 6.45) is 46.8. The van der Waals surface area contributed by atoms with Crippen LogP contribution in [0.1, 0.15) is 188 Å². The molecule has 0 heterocycles. The molecule has 0 aromatic heterocycles. The molecule has 0 unspecified atom stereocenters. The maximum absolute atomic E-state index is 11.8. The minimum absolute atomic E-state index is 0.227. The Labute approximate surface area is 251 Å². The van der Waals surface area contributed by atoms with E-state index in [9.17, 15) is 4.79 Å². The van der Waals surface area contributed by atoms with Gasteiger partial charge in [-0.1, -0.05) is 199 Å². The predicted molar refractivity (Wildman–Crippen MR) is 179 cm³/mol. The van der Waals surface area contributed by atoms with Crippen molar-refractivity contribution >= 4 is 5.97 Å². The Morgan fingerprint density at radius 3 is 1.45 bits per heavy atom. The maximum Gasteiger partial charge on any atom is 0.330 e. The minimum Gasteiger partial charge on any atom is -0.463 e. The van der Waals surface area contributed by atoms with Crippen molar-refractivity contribution in [3.05, 3.63) is 36.5 Å². The lowest BCUT2D eigenvalue weighted by atomic mass is 10.0. The molecule has 234 valence electrons. The molecule has 0 amide bonds. The zero-order chi connectivity index (χ0) is 29.2. The number of carbonyl (C=O) groups is 1. The number of carbonyl (C=O) groups excluding carboxylic acids is 1. The van der Waals surface area contributed by atoms with Gasteiger partial charge in [0.25, 0.3) is 0 Å². The van der Waals surface area contributed by atoms with Crippen molar-refractivity contribution in [2.24, 2.45) is 5.92 Å². The lowest BCUT2D eigenvalue weighted by Gasteiger charge is -2.05. The van der Waals surface area contributed by atoms with Crippen molar-refractivity contribution in [1.82, 2.24) is 0 Å². The summed E-state index contributed by atoms with van der Waals surface area (Å²) < 4.78 is 5.31. The number of hydrogen-bond acceptors (Lipinski definition) is 2. The van der Waals surface area contributed by atoms with Crippen LogP contribution in [0.5, 0.6) is 0 Å². The molecule has 0 bridgehead atoms. The van der Waals surface area contributed by atoms with Crippen LogP contribution in [0.4, 0.5) is 0 Å². The van der Waals surface area contributed by atoms with Crippen LogP contribution in [0.25, 0.3) is 0 Å². The smallest absolute Gasteiger partial charge is 0.330 e. The standard InChI is InChI=1S/C38H70O2/c1-4-5-6-7-8-9-10-11-12-13-14-17-20-23-26-29-32-35-38(39)40-36-33-30-27-24-21-18-15-16-19-22-25-28-31-34-37(2)3/h20,23,26,29,32,35,37H,4-19,21-22,24-25,27-28,30-31,33-34,36H2,1-3H3. The van der Waals surface area contributed by atoms with E-state index in [1.54, 1.807) is 6.08 Å². The summed E-state index contributed by atoms with van der Waals surface area (Å²) >= 11 is 0. The third-order valence-electron chi connectivity index (χ3n) is 7.85. The molecule has 0 N–H and O–H groups in total. The van der Waals surface area contributed by atoms with Gasteiger partial charge in [0.1, 0.15) is 0 Å². The highest BCUT2D eigenvalue weighted by molar-refractivity contribution is 5.82. The third kappa shape index (κ3) is 34.7. The van der Waals surface area contributed by atoms with Crippen LogP contribution in [0.3, 0.4) is 0 Å². The Morgan fingerprint density at radius 2 is 0.950 bits per heavy atom. The van der Waals surface area contributed by atoms with Crippen molar-refractivity contribution < 1.29 is 9.53 Å². The first-order valence-electron chi connectivity index (χ1n) is 17.8. The highest BCUT2D eigenvalue weighted by Gasteiger charge is 1.98. The van der Waals surface area contributed by atoms with Gasteiger partial charge in [0.15, 0.2) is 0 Å². The van der Waals surface area contributed by atoms with Gasteiger partial charge in [0.05, 0.1) is 6.61 Å². The average Bonchev–Trinajstić information content (AvgIpc) is 2.94. The highest BCUT2D eigenvalue weighted by Crippen LogP contribution is 2.15. The Hall–Kier alpha value is -1.31. The maximum atomic E-state index is 11.8. The fraction of sp³-hybridized carbons (Fsp3) is 0.816. The van der Waals surface area contributed by atoms with Crippen LogP contribution in [0.15, 0.2) is 36.5 Å². The second-order valence-electron chi connectivity index (χ2n) is 12.4. The lowest BCUT2D eigenvalue weighted by Crippen LogP contribution is -2.02. The summed E-state index contributed by atoms with van der Waals surface area (Å²) in [6, 6.07) is 0. The van der Waals surface area contributed by atoms with Crippen LogP contribution in [-0.2, 0) is 9.53 Å². The molecule has 0 aromatic carbocycles. The highest BCUT2D eigenvalue weighted by atomic mass is 16.5. The van der Waals surface area contributed by atoms with Gasteiger partial charge in [-0.15, -0.1) is 0 Å². The molecule has 0 aliphatic carbocycles. The van der Waals surface area contributed by atoms with E-state index in [-0.39, 0.29) is 5.97 Å². The van der Waals surface area contributed by atoms with Gasteiger partial charge >= 0.3 is 5.97 Å². The van der Waals surface area contributed by atoms with Gasteiger partial charge in [0.2, 0.25) is 0 Å². The van der Waals surface area contributed by atoms with E-state index in [0.29, 0.717) is 6.61 Å². The molecule has 0 aromatic rings. The number of unbranched alkanes of at least 4 members (excludes halogenated alkanes) is 23. The van der Waals surface area contributed by atoms with Crippen molar-refractivity contribution in [2.45, 2.75) is 188 Å². The minimum atomic E-state index is -0.227. The average molecular weight is 559 g/mol. The summed E-state index contributed by atoms with van der Waals surface area (Å²) in [7, 11) is 0. The molecule has 0 radical (unpaired) electrons. The summed E-state index contributed by atoms with van der Waals surface area (Å²) in [5.74, 6) is 0.640. The van der Waals surface area contributed by atoms with Gasteiger partial charge in [-0.2, -0.15) is 0 Å². The van der Waals surface area contributed by atoms with Crippen molar-refractivity contribution in [1.29, 1.82) is 0 Å². The SMILES string of the molecule is CCCCCCCCCCCCCC=CC=CC=CC(=O)OCCCCCCCCCCCCCCCC(C)C. The largest absolute Gasteiger partial charge is 0.463 e. The van der Waals surface area contributed by atoms with Gasteiger partial charge < -0.3 is 4.74 Å². The molecule has 0 saturated carbocycles. The second-order valence-corrected chi connectivity index (χ2v) is 12.4. The van der Waals surface area contributed by atoms with Crippen molar-refractivity contribution in [3.63, 3.8) is 0 Å². The number of rotatable bonds is 31. The molecule has 0 aliphatic rings. The summed E-state index contributed by atoms with van der Waals surface area (Å²) in [6.45, 7) is 7.48. The van der Waals surface area contributed by atoms with E-state index in [0.717, 1.165) is 25.2 Å². The zero-order valence-electron chi connectivity index (χ0n) is 27.4. The van der Waals surface area contributed by atoms with Crippen molar-refractivity contribution in [2.75, 3.05) is 6.61 Å². The molecule has 0 spiro atoms. The quantitative estimate of drug-likeness (QED) is 0.0366. The predicted octanol–water partition coefficient (Wildman–Crippen LogP) is 13.0. The fourth-order valence-electron chi connectivity index (χ4n) is 5.18. The summed E-state index contributed by atoms with van der Waals surface area (Å²) in [4.78, 5) is 11.8. The Kier molecular flexibility index (Phi) is 32.8. The molecule has 0 fully saturated rings. The topological polar surface area (TPSA) is 26.3 Å². The van der Waals surface area contributed by atoms with Crippen LogP contribution in [-0.4, -0.2) is 12.6 Å². The first-order chi connectivity index (χ1) is 19.7. The Bertz CT molecular complexity index is 586. The van der Waals surface area contributed by atoms with Crippen LogP contribution < -0.4 is 0 Å². The van der Waals surface area contributed by atoms with Gasteiger partial charge in [-0.3, -0.25) is 0 Å². The van der Waals surface area contributed by atoms with Crippen molar-refractivity contribution in [3.8, 4) is 0 Å². The molecule has 2 heteroatoms. The van der Waals surface area contributed by atoms with Crippen LogP contribution in [0, 0.1) is 5.92 Å². The molecule has 2 nitrogen and oxygen atoms in total. The van der Waals surface area contributed by atoms with Crippen LogP contribution >= 0.6 is 0 Å². The van der Waals surface area contributed by atoms with E-state index < -0.39 is 0 Å². The first kappa shape index (κ1) is 38.7. The Balaban J connectivity index is 3.35. The lowest BCUT2D eigenvalue weighted by molar-refractivity contribution is -0.137.